The van der Waals surface area contributed by atoms with Gasteiger partial charge in [-0.05, 0) is 23.3 Å². The Labute approximate surface area is 150 Å². The normalized spacial score (nSPS) is 17.8. The third-order valence-corrected chi connectivity index (χ3v) is 4.90. The Morgan fingerprint density at radius 1 is 1.00 bits per heavy atom. The molecule has 1 aromatic carbocycles. The number of nitrogens with one attached hydrogen (secondary N) is 2. The molecule has 1 atom stereocenters. The number of aromatic nitrogens is 3. The summed E-state index contributed by atoms with van der Waals surface area (Å²) in [6.07, 6.45) is 3.77. The van der Waals surface area contributed by atoms with E-state index in [0.29, 0.717) is 5.82 Å². The predicted molar refractivity (Wildman–Crippen MR) is 103 cm³/mol. The van der Waals surface area contributed by atoms with Crippen LogP contribution in [0.1, 0.15) is 11.7 Å². The molecule has 5 rings (SSSR count). The first-order chi connectivity index (χ1) is 12.8. The fourth-order valence-electron chi connectivity index (χ4n) is 3.52. The Morgan fingerprint density at radius 2 is 1.88 bits per heavy atom. The number of H-pyrrole nitrogens is 1. The minimum absolute atomic E-state index is 0.127. The summed E-state index contributed by atoms with van der Waals surface area (Å²) in [5, 5.41) is 5.46. The molecule has 1 fully saturated rings. The van der Waals surface area contributed by atoms with Crippen LogP contribution in [0.5, 0.6) is 0 Å². The van der Waals surface area contributed by atoms with Crippen molar-refractivity contribution in [1.29, 1.82) is 0 Å². The molecular formula is C20H19N5O. The third kappa shape index (κ3) is 2.60. The van der Waals surface area contributed by atoms with Gasteiger partial charge in [-0.1, -0.05) is 24.3 Å². The van der Waals surface area contributed by atoms with Gasteiger partial charge in [-0.2, -0.15) is 0 Å². The summed E-state index contributed by atoms with van der Waals surface area (Å²) in [7, 11) is 0. The molecule has 6 nitrogen and oxygen atoms in total. The molecule has 0 amide bonds. The van der Waals surface area contributed by atoms with E-state index < -0.39 is 0 Å². The van der Waals surface area contributed by atoms with Gasteiger partial charge < -0.3 is 20.8 Å². The molecule has 0 radical (unpaired) electrons. The molecule has 6 heteroatoms. The van der Waals surface area contributed by atoms with Crippen molar-refractivity contribution in [2.75, 3.05) is 25.4 Å². The van der Waals surface area contributed by atoms with Crippen molar-refractivity contribution in [2.45, 2.75) is 6.10 Å². The monoisotopic (exact) mass is 345 g/mol. The van der Waals surface area contributed by atoms with Gasteiger partial charge in [-0.15, -0.1) is 0 Å². The lowest BCUT2D eigenvalue weighted by atomic mass is 10.0. The highest BCUT2D eigenvalue weighted by Gasteiger charge is 2.15. The van der Waals surface area contributed by atoms with E-state index >= 15 is 0 Å². The van der Waals surface area contributed by atoms with Gasteiger partial charge >= 0.3 is 0 Å². The summed E-state index contributed by atoms with van der Waals surface area (Å²) in [4.78, 5) is 12.0. The Hall–Kier alpha value is -2.96. The Balaban J connectivity index is 1.53. The number of morpholine rings is 1. The molecule has 26 heavy (non-hydrogen) atoms. The number of aromatic amines is 1. The van der Waals surface area contributed by atoms with Crippen molar-refractivity contribution < 1.29 is 4.74 Å². The van der Waals surface area contributed by atoms with Crippen LogP contribution < -0.4 is 11.1 Å². The maximum absolute atomic E-state index is 5.85. The molecule has 4 aromatic rings. The number of pyridine rings is 2. The summed E-state index contributed by atoms with van der Waals surface area (Å²) in [5.74, 6) is 0.509. The summed E-state index contributed by atoms with van der Waals surface area (Å²) >= 11 is 0. The van der Waals surface area contributed by atoms with Gasteiger partial charge in [0.25, 0.3) is 0 Å². The minimum Gasteiger partial charge on any atom is -0.384 e. The lowest BCUT2D eigenvalue weighted by molar-refractivity contribution is 0.0277. The standard InChI is InChI=1S/C20H19N5O/c21-19-8-15-16-7-14(9-24-20(16)25-17(15)10-23-19)12-1-3-13(4-2-12)18-11-22-5-6-26-18/h1-4,7-10,18,22H,5-6,11H2,(H2,21,23)(H,24,25). The van der Waals surface area contributed by atoms with Gasteiger partial charge in [-0.3, -0.25) is 0 Å². The third-order valence-electron chi connectivity index (χ3n) is 4.90. The highest BCUT2D eigenvalue weighted by Crippen LogP contribution is 2.30. The van der Waals surface area contributed by atoms with Gasteiger partial charge in [0.1, 0.15) is 11.5 Å². The number of nitrogens with zero attached hydrogens (tertiary/aromatic N) is 2. The molecule has 1 unspecified atom stereocenters. The lowest BCUT2D eigenvalue weighted by Crippen LogP contribution is -2.33. The fraction of sp³-hybridized carbons (Fsp3) is 0.200. The minimum atomic E-state index is 0.127. The number of nitrogens with two attached hydrogens (primary N) is 1. The first-order valence-electron chi connectivity index (χ1n) is 8.73. The lowest BCUT2D eigenvalue weighted by Gasteiger charge is -2.24. The number of hydrogen-bond donors (Lipinski definition) is 3. The summed E-state index contributed by atoms with van der Waals surface area (Å²) in [5.41, 5.74) is 11.0. The maximum Gasteiger partial charge on any atom is 0.138 e. The van der Waals surface area contributed by atoms with Crippen molar-refractivity contribution in [3.8, 4) is 11.1 Å². The van der Waals surface area contributed by atoms with E-state index in [9.17, 15) is 0 Å². The topological polar surface area (TPSA) is 88.9 Å². The molecule has 0 bridgehead atoms. The number of anilines is 1. The molecule has 130 valence electrons. The maximum atomic E-state index is 5.85. The zero-order valence-corrected chi connectivity index (χ0v) is 14.2. The van der Waals surface area contributed by atoms with Crippen LogP contribution in [0.2, 0.25) is 0 Å². The van der Waals surface area contributed by atoms with Crippen molar-refractivity contribution in [3.05, 3.63) is 54.4 Å². The zero-order valence-electron chi connectivity index (χ0n) is 14.2. The molecule has 0 spiro atoms. The summed E-state index contributed by atoms with van der Waals surface area (Å²) in [6.45, 7) is 2.54. The van der Waals surface area contributed by atoms with Crippen molar-refractivity contribution in [2.24, 2.45) is 0 Å². The molecule has 1 saturated heterocycles. The molecule has 1 aliphatic heterocycles. The summed E-state index contributed by atoms with van der Waals surface area (Å²) < 4.78 is 5.82. The molecule has 4 N–H and O–H groups in total. The van der Waals surface area contributed by atoms with Gasteiger partial charge in [0, 0.05) is 35.6 Å². The predicted octanol–water partition coefficient (Wildman–Crippen LogP) is 3.02. The van der Waals surface area contributed by atoms with Gasteiger partial charge in [0.05, 0.1) is 24.4 Å². The van der Waals surface area contributed by atoms with Crippen LogP contribution in [0.15, 0.2) is 48.8 Å². The SMILES string of the molecule is Nc1cc2c(cn1)[nH]c1ncc(-c3ccc(C4CNCCO4)cc3)cc12. The summed E-state index contributed by atoms with van der Waals surface area (Å²) in [6, 6.07) is 12.6. The van der Waals surface area contributed by atoms with Crippen molar-refractivity contribution in [3.63, 3.8) is 0 Å². The van der Waals surface area contributed by atoms with Crippen LogP contribution in [0.4, 0.5) is 5.82 Å². The first kappa shape index (κ1) is 15.3. The van der Waals surface area contributed by atoms with Crippen LogP contribution in [-0.4, -0.2) is 34.6 Å². The van der Waals surface area contributed by atoms with Crippen LogP contribution in [0.3, 0.4) is 0 Å². The second-order valence-electron chi connectivity index (χ2n) is 6.59. The largest absolute Gasteiger partial charge is 0.384 e. The van der Waals surface area contributed by atoms with Crippen molar-refractivity contribution in [1.82, 2.24) is 20.3 Å². The van der Waals surface area contributed by atoms with E-state index in [-0.39, 0.29) is 6.10 Å². The molecule has 1 aliphatic rings. The molecule has 4 heterocycles. The van der Waals surface area contributed by atoms with E-state index in [4.69, 9.17) is 10.5 Å². The van der Waals surface area contributed by atoms with E-state index in [2.05, 4.69) is 50.6 Å². The quantitative estimate of drug-likeness (QED) is 0.520. The van der Waals surface area contributed by atoms with Gasteiger partial charge in [0.15, 0.2) is 0 Å². The van der Waals surface area contributed by atoms with Crippen LogP contribution in [0, 0.1) is 0 Å². The Kier molecular flexibility index (Phi) is 3.58. The number of rotatable bonds is 2. The Morgan fingerprint density at radius 3 is 2.69 bits per heavy atom. The second-order valence-corrected chi connectivity index (χ2v) is 6.59. The molecule has 0 aliphatic carbocycles. The number of ether oxygens (including phenoxy) is 1. The van der Waals surface area contributed by atoms with E-state index in [1.54, 1.807) is 6.20 Å². The molecule has 3 aromatic heterocycles. The van der Waals surface area contributed by atoms with E-state index in [1.165, 1.54) is 5.56 Å². The number of benzene rings is 1. The fourth-order valence-corrected chi connectivity index (χ4v) is 3.52. The molecular weight excluding hydrogens is 326 g/mol. The highest BCUT2D eigenvalue weighted by atomic mass is 16.5. The van der Waals surface area contributed by atoms with Crippen LogP contribution >= 0.6 is 0 Å². The number of fused-ring (bicyclic) bond motifs is 3. The Bertz CT molecular complexity index is 1080. The number of hydrogen-bond acceptors (Lipinski definition) is 5. The highest BCUT2D eigenvalue weighted by molar-refractivity contribution is 6.07. The van der Waals surface area contributed by atoms with E-state index in [0.717, 1.165) is 52.8 Å². The first-order valence-corrected chi connectivity index (χ1v) is 8.73. The van der Waals surface area contributed by atoms with Crippen molar-refractivity contribution >= 4 is 27.8 Å². The zero-order chi connectivity index (χ0) is 17.5. The van der Waals surface area contributed by atoms with Gasteiger partial charge in [0.2, 0.25) is 0 Å². The van der Waals surface area contributed by atoms with Crippen LogP contribution in [0.25, 0.3) is 33.1 Å². The smallest absolute Gasteiger partial charge is 0.138 e. The van der Waals surface area contributed by atoms with Crippen LogP contribution in [-0.2, 0) is 4.74 Å². The van der Waals surface area contributed by atoms with Gasteiger partial charge in [-0.25, -0.2) is 9.97 Å². The van der Waals surface area contributed by atoms with E-state index in [1.807, 2.05) is 12.3 Å². The molecule has 0 saturated carbocycles. The average molecular weight is 345 g/mol. The second kappa shape index (κ2) is 6.09. The number of nitrogen functional groups attached to an aromatic ring is 1. The average Bonchev–Trinajstić information content (AvgIpc) is 3.06.